The molecule has 222 valence electrons. The summed E-state index contributed by atoms with van der Waals surface area (Å²) in [6.45, 7) is 2.36. The molecule has 4 aromatic rings. The molecule has 4 rings (SSSR count). The highest BCUT2D eigenvalue weighted by atomic mass is 32.2. The third-order valence-electron chi connectivity index (χ3n) is 5.81. The number of nitrogens with one attached hydrogen (secondary N) is 2. The number of sulfonamides is 1. The summed E-state index contributed by atoms with van der Waals surface area (Å²) in [5.41, 5.74) is -1.09. The van der Waals surface area contributed by atoms with Gasteiger partial charge in [0.25, 0.3) is 10.0 Å². The SMILES string of the molecule is CC(=O)Oc1ccc(/C=C/C(=O)Nc2cccc3c(S(=O)(=O)Nc4ccccc4C(F)(F)F)cccc23)cc1OC(C)=O. The van der Waals surface area contributed by atoms with E-state index in [-0.39, 0.29) is 27.5 Å². The Morgan fingerprint density at radius 1 is 0.767 bits per heavy atom. The highest BCUT2D eigenvalue weighted by Gasteiger charge is 2.34. The van der Waals surface area contributed by atoms with E-state index in [9.17, 15) is 36.0 Å². The Balaban J connectivity index is 1.60. The van der Waals surface area contributed by atoms with Gasteiger partial charge in [0.05, 0.1) is 16.1 Å². The van der Waals surface area contributed by atoms with E-state index in [0.29, 0.717) is 10.9 Å². The highest BCUT2D eigenvalue weighted by Crippen LogP contribution is 2.36. The van der Waals surface area contributed by atoms with Gasteiger partial charge in [-0.25, -0.2) is 8.42 Å². The first-order valence-electron chi connectivity index (χ1n) is 12.5. The molecule has 1 amide bonds. The number of carbonyl (C=O) groups is 3. The van der Waals surface area contributed by atoms with E-state index in [1.165, 1.54) is 80.6 Å². The van der Waals surface area contributed by atoms with Crippen molar-refractivity contribution >= 4 is 56.1 Å². The van der Waals surface area contributed by atoms with Gasteiger partial charge in [-0.15, -0.1) is 0 Å². The first kappa shape index (κ1) is 30.8. The molecule has 0 saturated heterocycles. The van der Waals surface area contributed by atoms with E-state index < -0.39 is 45.3 Å². The number of ether oxygens (including phenoxy) is 2. The minimum absolute atomic E-state index is 0.0159. The molecule has 0 heterocycles. The van der Waals surface area contributed by atoms with Crippen molar-refractivity contribution in [2.75, 3.05) is 10.0 Å². The van der Waals surface area contributed by atoms with Crippen LogP contribution in [-0.2, 0) is 30.6 Å². The summed E-state index contributed by atoms with van der Waals surface area (Å²) in [4.78, 5) is 35.2. The van der Waals surface area contributed by atoms with Crippen LogP contribution in [0.2, 0.25) is 0 Å². The van der Waals surface area contributed by atoms with Gasteiger partial charge in [0.1, 0.15) is 0 Å². The highest BCUT2D eigenvalue weighted by molar-refractivity contribution is 7.93. The molecule has 9 nitrogen and oxygen atoms in total. The second-order valence-corrected chi connectivity index (χ2v) is 10.7. The van der Waals surface area contributed by atoms with Crippen LogP contribution in [0.4, 0.5) is 24.5 Å². The maximum atomic E-state index is 13.4. The van der Waals surface area contributed by atoms with E-state index in [1.807, 2.05) is 4.72 Å². The molecule has 4 aromatic carbocycles. The number of carbonyl (C=O) groups excluding carboxylic acids is 3. The number of hydrogen-bond donors (Lipinski definition) is 2. The molecule has 13 heteroatoms. The van der Waals surface area contributed by atoms with Crippen molar-refractivity contribution in [1.82, 2.24) is 0 Å². The molecule has 0 aliphatic rings. The van der Waals surface area contributed by atoms with Crippen LogP contribution in [0.15, 0.2) is 89.8 Å². The van der Waals surface area contributed by atoms with Gasteiger partial charge >= 0.3 is 18.1 Å². The van der Waals surface area contributed by atoms with Gasteiger partial charge in [-0.2, -0.15) is 13.2 Å². The summed E-state index contributed by atoms with van der Waals surface area (Å²) < 4.78 is 78.9. The second-order valence-electron chi connectivity index (χ2n) is 9.02. The van der Waals surface area contributed by atoms with Crippen molar-refractivity contribution in [3.8, 4) is 11.5 Å². The largest absolute Gasteiger partial charge is 0.423 e. The van der Waals surface area contributed by atoms with E-state index in [1.54, 1.807) is 6.07 Å². The molecular weight excluding hydrogens is 589 g/mol. The average molecular weight is 613 g/mol. The number of alkyl halides is 3. The number of fused-ring (bicyclic) bond motifs is 1. The number of para-hydroxylation sites is 1. The summed E-state index contributed by atoms with van der Waals surface area (Å²) in [7, 11) is -4.48. The van der Waals surface area contributed by atoms with Crippen LogP contribution < -0.4 is 19.5 Å². The topological polar surface area (TPSA) is 128 Å². The molecule has 0 bridgehead atoms. The van der Waals surface area contributed by atoms with Crippen LogP contribution >= 0.6 is 0 Å². The zero-order chi connectivity index (χ0) is 31.4. The van der Waals surface area contributed by atoms with Gasteiger partial charge in [-0.1, -0.05) is 42.5 Å². The summed E-state index contributed by atoms with van der Waals surface area (Å²) >= 11 is 0. The molecular formula is C30H23F3N2O7S. The number of esters is 2. The summed E-state index contributed by atoms with van der Waals surface area (Å²) in [5, 5.41) is 3.13. The third kappa shape index (κ3) is 7.57. The Morgan fingerprint density at radius 3 is 2.09 bits per heavy atom. The molecule has 0 unspecified atom stereocenters. The van der Waals surface area contributed by atoms with Gasteiger partial charge in [-0.05, 0) is 48.0 Å². The molecule has 0 aliphatic carbocycles. The number of amides is 1. The Bertz CT molecular complexity index is 1870. The second kappa shape index (κ2) is 12.4. The third-order valence-corrected chi connectivity index (χ3v) is 7.23. The lowest BCUT2D eigenvalue weighted by Crippen LogP contribution is -2.17. The van der Waals surface area contributed by atoms with Crippen LogP contribution in [0.5, 0.6) is 11.5 Å². The first-order chi connectivity index (χ1) is 20.2. The predicted octanol–water partition coefficient (Wildman–Crippen LogP) is 6.16. The Labute approximate surface area is 244 Å². The van der Waals surface area contributed by atoms with Crippen molar-refractivity contribution in [1.29, 1.82) is 0 Å². The van der Waals surface area contributed by atoms with E-state index >= 15 is 0 Å². The van der Waals surface area contributed by atoms with Gasteiger partial charge in [0, 0.05) is 36.4 Å². The van der Waals surface area contributed by atoms with Crippen molar-refractivity contribution in [3.05, 3.63) is 96.1 Å². The number of rotatable bonds is 8. The van der Waals surface area contributed by atoms with Gasteiger partial charge in [0.15, 0.2) is 11.5 Å². The first-order valence-corrected chi connectivity index (χ1v) is 13.9. The van der Waals surface area contributed by atoms with Gasteiger partial charge < -0.3 is 14.8 Å². The van der Waals surface area contributed by atoms with E-state index in [2.05, 4.69) is 5.32 Å². The fraction of sp³-hybridized carbons (Fsp3) is 0.100. The minimum atomic E-state index is -4.78. The summed E-state index contributed by atoms with van der Waals surface area (Å²) in [6, 6.07) is 17.2. The van der Waals surface area contributed by atoms with Crippen LogP contribution in [0.1, 0.15) is 25.0 Å². The van der Waals surface area contributed by atoms with Crippen LogP contribution in [-0.4, -0.2) is 26.3 Å². The number of anilines is 2. The summed E-state index contributed by atoms with van der Waals surface area (Å²) in [6.07, 6.45) is -2.20. The Hall–Kier alpha value is -5.17. The van der Waals surface area contributed by atoms with Crippen LogP contribution in [0.25, 0.3) is 16.8 Å². The molecule has 0 fully saturated rings. The van der Waals surface area contributed by atoms with Gasteiger partial charge in [0.2, 0.25) is 5.91 Å². The quantitative estimate of drug-likeness (QED) is 0.139. The monoisotopic (exact) mass is 612 g/mol. The van der Waals surface area contributed by atoms with Crippen molar-refractivity contribution < 1.29 is 45.4 Å². The Kier molecular flexibility index (Phi) is 8.85. The van der Waals surface area contributed by atoms with Crippen molar-refractivity contribution in [2.24, 2.45) is 0 Å². The fourth-order valence-electron chi connectivity index (χ4n) is 4.09. The zero-order valence-electron chi connectivity index (χ0n) is 22.6. The maximum absolute atomic E-state index is 13.4. The molecule has 0 atom stereocenters. The Morgan fingerprint density at radius 2 is 1.40 bits per heavy atom. The standard InChI is InChI=1S/C30H23F3N2O7S/c1-18(36)41-26-15-13-20(17-27(26)42-19(2)37)14-16-29(38)34-24-11-5-8-22-21(24)7-6-12-28(22)43(39,40)35-25-10-4-3-9-23(25)30(31,32)33/h3-17,35H,1-2H3,(H,34,38)/b16-14+. The van der Waals surface area contributed by atoms with Crippen LogP contribution in [0, 0.1) is 0 Å². The molecule has 0 radical (unpaired) electrons. The smallest absolute Gasteiger partial charge is 0.418 e. The van der Waals surface area contributed by atoms with Crippen molar-refractivity contribution in [3.63, 3.8) is 0 Å². The maximum Gasteiger partial charge on any atom is 0.418 e. The average Bonchev–Trinajstić information content (AvgIpc) is 2.92. The molecule has 0 spiro atoms. The predicted molar refractivity (Wildman–Crippen MR) is 153 cm³/mol. The van der Waals surface area contributed by atoms with Crippen LogP contribution in [0.3, 0.4) is 0 Å². The molecule has 0 aliphatic heterocycles. The zero-order valence-corrected chi connectivity index (χ0v) is 23.4. The molecule has 0 aromatic heterocycles. The lowest BCUT2D eigenvalue weighted by Gasteiger charge is -2.16. The molecule has 0 saturated carbocycles. The molecule has 43 heavy (non-hydrogen) atoms. The fourth-order valence-corrected chi connectivity index (χ4v) is 5.39. The number of benzene rings is 4. The lowest BCUT2D eigenvalue weighted by atomic mass is 10.1. The van der Waals surface area contributed by atoms with Gasteiger partial charge in [-0.3, -0.25) is 19.1 Å². The summed E-state index contributed by atoms with van der Waals surface area (Å²) in [5.74, 6) is -1.88. The number of hydrogen-bond acceptors (Lipinski definition) is 7. The lowest BCUT2D eigenvalue weighted by molar-refractivity contribution is -0.137. The van der Waals surface area contributed by atoms with Crippen molar-refractivity contribution in [2.45, 2.75) is 24.9 Å². The molecule has 2 N–H and O–H groups in total. The van der Waals surface area contributed by atoms with E-state index in [4.69, 9.17) is 9.47 Å². The van der Waals surface area contributed by atoms with E-state index in [0.717, 1.165) is 18.2 Å². The normalized spacial score (nSPS) is 11.7. The minimum Gasteiger partial charge on any atom is -0.423 e. The number of halogens is 3.